The number of thiophene rings is 1. The van der Waals surface area contributed by atoms with E-state index in [1.807, 2.05) is 36.6 Å². The zero-order chi connectivity index (χ0) is 17.6. The highest BCUT2D eigenvalue weighted by atomic mass is 32.1. The largest absolute Gasteiger partial charge is 0.347 e. The molecule has 25 heavy (non-hydrogen) atoms. The lowest BCUT2D eigenvalue weighted by Crippen LogP contribution is -2.40. The van der Waals surface area contributed by atoms with Crippen molar-refractivity contribution in [2.75, 3.05) is 6.54 Å². The zero-order valence-electron chi connectivity index (χ0n) is 14.5. The summed E-state index contributed by atoms with van der Waals surface area (Å²) in [6.45, 7) is 1.89. The van der Waals surface area contributed by atoms with Crippen LogP contribution < -0.4 is 10.6 Å². The van der Waals surface area contributed by atoms with Crippen molar-refractivity contribution >= 4 is 23.2 Å². The van der Waals surface area contributed by atoms with Gasteiger partial charge in [-0.3, -0.25) is 9.59 Å². The van der Waals surface area contributed by atoms with Gasteiger partial charge in [0, 0.05) is 10.4 Å². The molecule has 0 saturated heterocycles. The van der Waals surface area contributed by atoms with Gasteiger partial charge in [0.25, 0.3) is 5.91 Å². The normalized spacial score (nSPS) is 15.7. The van der Waals surface area contributed by atoms with Crippen molar-refractivity contribution in [1.29, 1.82) is 0 Å². The lowest BCUT2D eigenvalue weighted by molar-refractivity contribution is -0.121. The number of hydrogen-bond acceptors (Lipinski definition) is 3. The van der Waals surface area contributed by atoms with Crippen LogP contribution in [0.3, 0.4) is 0 Å². The third-order valence-corrected chi connectivity index (χ3v) is 5.79. The minimum Gasteiger partial charge on any atom is -0.347 e. The molecule has 1 heterocycles. The summed E-state index contributed by atoms with van der Waals surface area (Å²) in [5, 5.41) is 7.92. The third-order valence-electron chi connectivity index (χ3n) is 4.84. The number of benzene rings is 1. The van der Waals surface area contributed by atoms with Gasteiger partial charge in [0.2, 0.25) is 5.91 Å². The summed E-state index contributed by atoms with van der Waals surface area (Å²) in [5.41, 5.74) is 1.52. The van der Waals surface area contributed by atoms with E-state index in [0.29, 0.717) is 11.5 Å². The van der Waals surface area contributed by atoms with E-state index in [1.54, 1.807) is 17.4 Å². The lowest BCUT2D eigenvalue weighted by Gasteiger charge is -2.24. The van der Waals surface area contributed by atoms with E-state index in [1.165, 1.54) is 17.7 Å². The van der Waals surface area contributed by atoms with Crippen LogP contribution >= 0.6 is 11.3 Å². The molecule has 0 bridgehead atoms. The zero-order valence-corrected chi connectivity index (χ0v) is 15.3. The number of carbonyl (C=O) groups is 2. The van der Waals surface area contributed by atoms with Gasteiger partial charge in [-0.05, 0) is 48.8 Å². The van der Waals surface area contributed by atoms with E-state index >= 15 is 0 Å². The van der Waals surface area contributed by atoms with Crippen LogP contribution in [-0.4, -0.2) is 18.4 Å². The Morgan fingerprint density at radius 2 is 1.92 bits per heavy atom. The van der Waals surface area contributed by atoms with E-state index in [2.05, 4.69) is 16.7 Å². The molecular formula is C20H24N2O2S. The molecule has 5 heteroatoms. The molecule has 0 radical (unpaired) electrons. The minimum absolute atomic E-state index is 0.00175. The fourth-order valence-corrected chi connectivity index (χ4v) is 4.36. The molecule has 132 valence electrons. The maximum absolute atomic E-state index is 12.4. The summed E-state index contributed by atoms with van der Waals surface area (Å²) in [5.74, 6) is 0.156. The van der Waals surface area contributed by atoms with Crippen LogP contribution in [0.5, 0.6) is 0 Å². The van der Waals surface area contributed by atoms with Gasteiger partial charge in [-0.25, -0.2) is 0 Å². The van der Waals surface area contributed by atoms with Gasteiger partial charge in [0.1, 0.15) is 0 Å². The van der Waals surface area contributed by atoms with E-state index < -0.39 is 0 Å². The van der Waals surface area contributed by atoms with E-state index in [0.717, 1.165) is 18.4 Å². The molecule has 3 rings (SSSR count). The quantitative estimate of drug-likeness (QED) is 0.826. The van der Waals surface area contributed by atoms with Crippen LogP contribution in [0.15, 0.2) is 41.8 Å². The second kappa shape index (κ2) is 8.30. The highest BCUT2D eigenvalue weighted by molar-refractivity contribution is 7.10. The number of amides is 2. The molecule has 0 aliphatic heterocycles. The first-order valence-corrected chi connectivity index (χ1v) is 9.69. The van der Waals surface area contributed by atoms with Crippen LogP contribution in [0, 0.1) is 12.8 Å². The Balaban J connectivity index is 1.58. The van der Waals surface area contributed by atoms with Gasteiger partial charge in [0.05, 0.1) is 12.6 Å². The summed E-state index contributed by atoms with van der Waals surface area (Å²) in [4.78, 5) is 25.9. The van der Waals surface area contributed by atoms with E-state index in [9.17, 15) is 9.59 Å². The molecule has 2 amide bonds. The molecule has 1 fully saturated rings. The first-order valence-electron chi connectivity index (χ1n) is 8.82. The molecule has 1 aliphatic carbocycles. The molecule has 2 N–H and O–H groups in total. The molecule has 1 unspecified atom stereocenters. The molecule has 1 aliphatic rings. The summed E-state index contributed by atoms with van der Waals surface area (Å²) >= 11 is 1.68. The van der Waals surface area contributed by atoms with Crippen molar-refractivity contribution in [2.24, 2.45) is 5.92 Å². The number of nitrogens with one attached hydrogen (secondary N) is 2. The summed E-state index contributed by atoms with van der Waals surface area (Å²) in [6, 6.07) is 11.6. The monoisotopic (exact) mass is 356 g/mol. The standard InChI is InChI=1S/C20H24N2O2S/c1-14-7-2-5-10-16(14)20(24)21-13-18(23)22-19(15-8-3-4-9-15)17-11-6-12-25-17/h2,5-7,10-12,15,19H,3-4,8-9,13H2,1H3,(H,21,24)(H,22,23). The third kappa shape index (κ3) is 4.48. The van der Waals surface area contributed by atoms with Crippen molar-refractivity contribution in [1.82, 2.24) is 10.6 Å². The van der Waals surface area contributed by atoms with Gasteiger partial charge in [-0.1, -0.05) is 37.1 Å². The molecule has 2 aromatic rings. The predicted molar refractivity (Wildman–Crippen MR) is 101 cm³/mol. The highest BCUT2D eigenvalue weighted by Crippen LogP contribution is 2.37. The molecule has 1 aromatic carbocycles. The van der Waals surface area contributed by atoms with Crippen molar-refractivity contribution in [3.05, 3.63) is 57.8 Å². The van der Waals surface area contributed by atoms with Crippen molar-refractivity contribution in [2.45, 2.75) is 38.6 Å². The van der Waals surface area contributed by atoms with E-state index in [-0.39, 0.29) is 24.4 Å². The Kier molecular flexibility index (Phi) is 5.87. The average Bonchev–Trinajstić information content (AvgIpc) is 3.31. The maximum Gasteiger partial charge on any atom is 0.251 e. The molecule has 0 spiro atoms. The Hall–Kier alpha value is -2.14. The summed E-state index contributed by atoms with van der Waals surface area (Å²) in [6.07, 6.45) is 4.76. The molecule has 1 saturated carbocycles. The molecule has 1 aromatic heterocycles. The Morgan fingerprint density at radius 3 is 2.60 bits per heavy atom. The van der Waals surface area contributed by atoms with Gasteiger partial charge in [0.15, 0.2) is 0 Å². The number of aryl methyl sites for hydroxylation is 1. The number of rotatable bonds is 6. The van der Waals surface area contributed by atoms with Crippen LogP contribution in [0.25, 0.3) is 0 Å². The Labute approximate surface area is 152 Å². The molecule has 1 atom stereocenters. The smallest absolute Gasteiger partial charge is 0.251 e. The van der Waals surface area contributed by atoms with Gasteiger partial charge in [-0.15, -0.1) is 11.3 Å². The van der Waals surface area contributed by atoms with Gasteiger partial charge < -0.3 is 10.6 Å². The van der Waals surface area contributed by atoms with Crippen LogP contribution in [0.4, 0.5) is 0 Å². The average molecular weight is 356 g/mol. The Morgan fingerprint density at radius 1 is 1.16 bits per heavy atom. The van der Waals surface area contributed by atoms with Crippen LogP contribution in [0.1, 0.15) is 52.5 Å². The molecule has 4 nitrogen and oxygen atoms in total. The molecular weight excluding hydrogens is 332 g/mol. The lowest BCUT2D eigenvalue weighted by atomic mass is 9.96. The van der Waals surface area contributed by atoms with Crippen molar-refractivity contribution in [3.63, 3.8) is 0 Å². The van der Waals surface area contributed by atoms with Gasteiger partial charge >= 0.3 is 0 Å². The van der Waals surface area contributed by atoms with E-state index in [4.69, 9.17) is 0 Å². The highest BCUT2D eigenvalue weighted by Gasteiger charge is 2.28. The van der Waals surface area contributed by atoms with Crippen LogP contribution in [-0.2, 0) is 4.79 Å². The second-order valence-corrected chi connectivity index (χ2v) is 7.58. The fraction of sp³-hybridized carbons (Fsp3) is 0.400. The minimum atomic E-state index is -0.207. The SMILES string of the molecule is Cc1ccccc1C(=O)NCC(=O)NC(c1cccs1)C1CCCC1. The second-order valence-electron chi connectivity index (χ2n) is 6.60. The first kappa shape index (κ1) is 17.7. The maximum atomic E-state index is 12.4. The number of carbonyl (C=O) groups excluding carboxylic acids is 2. The first-order chi connectivity index (χ1) is 12.1. The fourth-order valence-electron chi connectivity index (χ4n) is 3.49. The van der Waals surface area contributed by atoms with Crippen LogP contribution in [0.2, 0.25) is 0 Å². The van der Waals surface area contributed by atoms with Crippen molar-refractivity contribution in [3.8, 4) is 0 Å². The van der Waals surface area contributed by atoms with Gasteiger partial charge in [-0.2, -0.15) is 0 Å². The number of hydrogen-bond donors (Lipinski definition) is 2. The van der Waals surface area contributed by atoms with Crippen molar-refractivity contribution < 1.29 is 9.59 Å². The predicted octanol–water partition coefficient (Wildman–Crippen LogP) is 3.83. The summed E-state index contributed by atoms with van der Waals surface area (Å²) < 4.78 is 0. The summed E-state index contributed by atoms with van der Waals surface area (Å²) in [7, 11) is 0. The topological polar surface area (TPSA) is 58.2 Å². The Bertz CT molecular complexity index is 721.